The molecule has 0 aliphatic rings. The molecule has 0 unspecified atom stereocenters. The maximum atomic E-state index is 4.46. The van der Waals surface area contributed by atoms with Gasteiger partial charge in [-0.25, -0.2) is 9.97 Å². The van der Waals surface area contributed by atoms with Crippen molar-refractivity contribution in [2.45, 2.75) is 6.42 Å². The topological polar surface area (TPSA) is 63.6 Å². The summed E-state index contributed by atoms with van der Waals surface area (Å²) in [4.78, 5) is 17.4. The molecule has 5 heteroatoms. The zero-order chi connectivity index (χ0) is 16.2. The van der Waals surface area contributed by atoms with E-state index in [-0.39, 0.29) is 0 Å². The van der Waals surface area contributed by atoms with Crippen LogP contribution < -0.4 is 5.32 Å². The molecule has 0 saturated carbocycles. The quantitative estimate of drug-likeness (QED) is 0.621. The first-order chi connectivity index (χ1) is 11.9. The van der Waals surface area contributed by atoms with Crippen LogP contribution in [0.1, 0.15) is 11.3 Å². The Labute approximate surface area is 139 Å². The van der Waals surface area contributed by atoms with Crippen molar-refractivity contribution in [2.75, 3.05) is 5.32 Å². The van der Waals surface area contributed by atoms with Gasteiger partial charge in [-0.1, -0.05) is 24.3 Å². The molecule has 0 amide bonds. The van der Waals surface area contributed by atoms with Gasteiger partial charge in [0.2, 0.25) is 0 Å². The van der Waals surface area contributed by atoms with Crippen molar-refractivity contribution in [2.24, 2.45) is 0 Å². The number of nitrogens with one attached hydrogen (secondary N) is 1. The van der Waals surface area contributed by atoms with Gasteiger partial charge >= 0.3 is 0 Å². The van der Waals surface area contributed by atoms with Crippen LogP contribution in [0.5, 0.6) is 0 Å². The highest BCUT2D eigenvalue weighted by Crippen LogP contribution is 2.21. The number of hydrogen-bond acceptors (Lipinski definition) is 5. The van der Waals surface area contributed by atoms with Crippen molar-refractivity contribution in [1.82, 2.24) is 19.9 Å². The molecule has 1 aromatic carbocycles. The minimum atomic E-state index is 0.687. The SMILES string of the molecule is c1ccc2cc(Nc3nccnc3Cc3ccncc3)ncc2c1. The predicted octanol–water partition coefficient (Wildman–Crippen LogP) is 3.75. The molecule has 0 saturated heterocycles. The first-order valence-electron chi connectivity index (χ1n) is 7.69. The Kier molecular flexibility index (Phi) is 3.81. The molecule has 3 aromatic heterocycles. The van der Waals surface area contributed by atoms with Crippen LogP contribution in [0.3, 0.4) is 0 Å². The Bertz CT molecular complexity index is 969. The second-order valence-electron chi connectivity index (χ2n) is 5.43. The fourth-order valence-electron chi connectivity index (χ4n) is 2.57. The highest BCUT2D eigenvalue weighted by atomic mass is 15.1. The van der Waals surface area contributed by atoms with Gasteiger partial charge in [0.25, 0.3) is 0 Å². The van der Waals surface area contributed by atoms with Gasteiger partial charge < -0.3 is 5.32 Å². The lowest BCUT2D eigenvalue weighted by molar-refractivity contribution is 1.03. The highest BCUT2D eigenvalue weighted by Gasteiger charge is 2.08. The lowest BCUT2D eigenvalue weighted by Crippen LogP contribution is -2.03. The third-order valence-electron chi connectivity index (χ3n) is 3.77. The van der Waals surface area contributed by atoms with Crippen LogP contribution in [-0.4, -0.2) is 19.9 Å². The second-order valence-corrected chi connectivity index (χ2v) is 5.43. The fraction of sp³-hybridized carbons (Fsp3) is 0.0526. The molecule has 0 spiro atoms. The van der Waals surface area contributed by atoms with Gasteiger partial charge in [0.15, 0.2) is 5.82 Å². The number of nitrogens with zero attached hydrogens (tertiary/aromatic N) is 4. The van der Waals surface area contributed by atoms with Gasteiger partial charge in [-0.15, -0.1) is 0 Å². The Balaban J connectivity index is 1.64. The number of hydrogen-bond donors (Lipinski definition) is 1. The summed E-state index contributed by atoms with van der Waals surface area (Å²) in [5.41, 5.74) is 2.01. The van der Waals surface area contributed by atoms with Gasteiger partial charge in [-0.2, -0.15) is 0 Å². The standard InChI is InChI=1S/C19H15N5/c1-2-4-16-13-23-18(12-15(16)3-1)24-19-17(21-9-10-22-19)11-14-5-7-20-8-6-14/h1-10,12-13H,11H2,(H,22,23,24). The lowest BCUT2D eigenvalue weighted by atomic mass is 10.1. The first-order valence-corrected chi connectivity index (χ1v) is 7.69. The van der Waals surface area contributed by atoms with Gasteiger partial charge in [0.05, 0.1) is 5.69 Å². The molecule has 5 nitrogen and oxygen atoms in total. The smallest absolute Gasteiger partial charge is 0.153 e. The van der Waals surface area contributed by atoms with E-state index < -0.39 is 0 Å². The van der Waals surface area contributed by atoms with Crippen molar-refractivity contribution >= 4 is 22.4 Å². The van der Waals surface area contributed by atoms with E-state index in [1.54, 1.807) is 24.8 Å². The largest absolute Gasteiger partial charge is 0.323 e. The minimum absolute atomic E-state index is 0.687. The van der Waals surface area contributed by atoms with Crippen LogP contribution in [0, 0.1) is 0 Å². The summed E-state index contributed by atoms with van der Waals surface area (Å²) in [5, 5.41) is 5.53. The summed E-state index contributed by atoms with van der Waals surface area (Å²) in [6.07, 6.45) is 9.49. The zero-order valence-electron chi connectivity index (χ0n) is 12.9. The van der Waals surface area contributed by atoms with Gasteiger partial charge in [-0.05, 0) is 29.1 Å². The zero-order valence-corrected chi connectivity index (χ0v) is 12.9. The number of anilines is 2. The molecule has 0 radical (unpaired) electrons. The van der Waals surface area contributed by atoms with E-state index in [0.717, 1.165) is 33.7 Å². The molecule has 0 atom stereocenters. The van der Waals surface area contributed by atoms with Crippen LogP contribution in [-0.2, 0) is 6.42 Å². The van der Waals surface area contributed by atoms with Crippen LogP contribution in [0.4, 0.5) is 11.6 Å². The van der Waals surface area contributed by atoms with Gasteiger partial charge in [0.1, 0.15) is 5.82 Å². The van der Waals surface area contributed by atoms with Crippen molar-refractivity contribution in [3.8, 4) is 0 Å². The summed E-state index contributed by atoms with van der Waals surface area (Å²) in [6, 6.07) is 14.1. The lowest BCUT2D eigenvalue weighted by Gasteiger charge is -2.10. The molecular formula is C19H15N5. The molecule has 4 rings (SSSR count). The molecular weight excluding hydrogens is 298 g/mol. The molecule has 0 fully saturated rings. The van der Waals surface area contributed by atoms with E-state index in [0.29, 0.717) is 6.42 Å². The number of pyridine rings is 2. The van der Waals surface area contributed by atoms with Gasteiger partial charge in [-0.3, -0.25) is 9.97 Å². The summed E-state index contributed by atoms with van der Waals surface area (Å²) in [6.45, 7) is 0. The maximum absolute atomic E-state index is 4.46. The van der Waals surface area contributed by atoms with Crippen molar-refractivity contribution < 1.29 is 0 Å². The summed E-state index contributed by atoms with van der Waals surface area (Å²) >= 11 is 0. The fourth-order valence-corrected chi connectivity index (χ4v) is 2.57. The van der Waals surface area contributed by atoms with E-state index in [1.165, 1.54) is 0 Å². The van der Waals surface area contributed by atoms with Crippen molar-refractivity contribution in [3.63, 3.8) is 0 Å². The number of fused-ring (bicyclic) bond motifs is 1. The third kappa shape index (κ3) is 3.05. The predicted molar refractivity (Wildman–Crippen MR) is 94.1 cm³/mol. The molecule has 0 aliphatic carbocycles. The Morgan fingerprint density at radius 3 is 2.46 bits per heavy atom. The molecule has 0 bridgehead atoms. The Morgan fingerprint density at radius 1 is 0.792 bits per heavy atom. The molecule has 0 aliphatic heterocycles. The minimum Gasteiger partial charge on any atom is -0.323 e. The van der Waals surface area contributed by atoms with E-state index in [2.05, 4.69) is 31.3 Å². The average molecular weight is 313 g/mol. The van der Waals surface area contributed by atoms with E-state index in [9.17, 15) is 0 Å². The normalized spacial score (nSPS) is 10.7. The highest BCUT2D eigenvalue weighted by molar-refractivity contribution is 5.84. The third-order valence-corrected chi connectivity index (χ3v) is 3.77. The van der Waals surface area contributed by atoms with Crippen LogP contribution >= 0.6 is 0 Å². The average Bonchev–Trinajstić information content (AvgIpc) is 2.64. The van der Waals surface area contributed by atoms with Crippen LogP contribution in [0.2, 0.25) is 0 Å². The van der Waals surface area contributed by atoms with E-state index in [1.807, 2.05) is 42.6 Å². The van der Waals surface area contributed by atoms with Gasteiger partial charge in [0, 0.05) is 42.8 Å². The second kappa shape index (κ2) is 6.42. The van der Waals surface area contributed by atoms with E-state index >= 15 is 0 Å². The number of rotatable bonds is 4. The Morgan fingerprint density at radius 2 is 1.58 bits per heavy atom. The Hall–Kier alpha value is -3.34. The number of aromatic nitrogens is 4. The first kappa shape index (κ1) is 14.3. The summed E-state index contributed by atoms with van der Waals surface area (Å²) in [5.74, 6) is 1.47. The van der Waals surface area contributed by atoms with Crippen molar-refractivity contribution in [3.05, 3.63) is 84.7 Å². The molecule has 3 heterocycles. The molecule has 1 N–H and O–H groups in total. The monoisotopic (exact) mass is 313 g/mol. The maximum Gasteiger partial charge on any atom is 0.153 e. The summed E-state index contributed by atoms with van der Waals surface area (Å²) in [7, 11) is 0. The van der Waals surface area contributed by atoms with Crippen molar-refractivity contribution in [1.29, 1.82) is 0 Å². The molecule has 116 valence electrons. The number of benzene rings is 1. The van der Waals surface area contributed by atoms with Crippen LogP contribution in [0.15, 0.2) is 73.4 Å². The molecule has 24 heavy (non-hydrogen) atoms. The van der Waals surface area contributed by atoms with E-state index in [4.69, 9.17) is 0 Å². The summed E-state index contributed by atoms with van der Waals surface area (Å²) < 4.78 is 0. The molecule has 4 aromatic rings. The van der Waals surface area contributed by atoms with Crippen LogP contribution in [0.25, 0.3) is 10.8 Å².